The summed E-state index contributed by atoms with van der Waals surface area (Å²) in [7, 11) is 1.69. The normalized spacial score (nSPS) is 11.3. The van der Waals surface area contributed by atoms with Gasteiger partial charge in [0.2, 0.25) is 0 Å². The highest BCUT2D eigenvalue weighted by Gasteiger charge is 2.11. The van der Waals surface area contributed by atoms with Gasteiger partial charge in [-0.05, 0) is 12.1 Å². The van der Waals surface area contributed by atoms with E-state index in [0.29, 0.717) is 6.61 Å². The number of hydrogen-bond donors (Lipinski definition) is 1. The van der Waals surface area contributed by atoms with Gasteiger partial charge in [0.15, 0.2) is 11.7 Å². The molecule has 0 unspecified atom stereocenters. The molecule has 0 aliphatic rings. The standard InChI is InChI=1S/C15H18N4O2/c1-20-9-7-16-6-5-15-17-11-14(21-15)12-10-18-19-8-3-2-4-13(12)19/h2-4,8,10-11,16H,5-7,9H2,1H3. The van der Waals surface area contributed by atoms with Crippen LogP contribution in [0.25, 0.3) is 16.8 Å². The SMILES string of the molecule is COCCNCCc1ncc(-c2cnn3ccccc23)o1. The van der Waals surface area contributed by atoms with E-state index in [9.17, 15) is 0 Å². The first-order valence-corrected chi connectivity index (χ1v) is 6.95. The average Bonchev–Trinajstić information content (AvgIpc) is 3.13. The molecule has 1 N–H and O–H groups in total. The Hall–Kier alpha value is -2.18. The van der Waals surface area contributed by atoms with Crippen molar-refractivity contribution in [2.75, 3.05) is 26.8 Å². The van der Waals surface area contributed by atoms with Crippen molar-refractivity contribution in [3.63, 3.8) is 0 Å². The molecule has 3 aromatic rings. The summed E-state index contributed by atoms with van der Waals surface area (Å²) in [5.74, 6) is 1.48. The number of fused-ring (bicyclic) bond motifs is 1. The minimum absolute atomic E-state index is 0.708. The summed E-state index contributed by atoms with van der Waals surface area (Å²) >= 11 is 0. The van der Waals surface area contributed by atoms with Gasteiger partial charge in [-0.2, -0.15) is 5.10 Å². The van der Waals surface area contributed by atoms with Crippen LogP contribution in [0.15, 0.2) is 41.2 Å². The molecule has 110 valence electrons. The van der Waals surface area contributed by atoms with Gasteiger partial charge < -0.3 is 14.5 Å². The number of oxazole rings is 1. The molecule has 0 saturated heterocycles. The Bertz CT molecular complexity index is 704. The molecule has 3 heterocycles. The molecule has 0 radical (unpaired) electrons. The van der Waals surface area contributed by atoms with Crippen LogP contribution in [0.1, 0.15) is 5.89 Å². The van der Waals surface area contributed by atoms with Gasteiger partial charge in [0.05, 0.1) is 30.1 Å². The number of nitrogens with one attached hydrogen (secondary N) is 1. The maximum absolute atomic E-state index is 5.81. The Balaban J connectivity index is 1.67. The van der Waals surface area contributed by atoms with Crippen molar-refractivity contribution >= 4 is 5.52 Å². The van der Waals surface area contributed by atoms with Gasteiger partial charge in [-0.1, -0.05) is 6.07 Å². The third-order valence-electron chi connectivity index (χ3n) is 3.24. The first-order chi connectivity index (χ1) is 10.4. The van der Waals surface area contributed by atoms with Crippen LogP contribution in [0.2, 0.25) is 0 Å². The van der Waals surface area contributed by atoms with Gasteiger partial charge in [0.25, 0.3) is 0 Å². The number of aromatic nitrogens is 3. The molecule has 0 aliphatic heterocycles. The van der Waals surface area contributed by atoms with Gasteiger partial charge in [-0.3, -0.25) is 0 Å². The van der Waals surface area contributed by atoms with Crippen LogP contribution in [-0.2, 0) is 11.2 Å². The highest BCUT2D eigenvalue weighted by molar-refractivity contribution is 5.76. The first kappa shape index (κ1) is 13.8. The van der Waals surface area contributed by atoms with Crippen LogP contribution in [0.4, 0.5) is 0 Å². The quantitative estimate of drug-likeness (QED) is 0.671. The van der Waals surface area contributed by atoms with Crippen molar-refractivity contribution < 1.29 is 9.15 Å². The number of methoxy groups -OCH3 is 1. The second-order valence-corrected chi connectivity index (χ2v) is 4.70. The Morgan fingerprint density at radius 3 is 3.14 bits per heavy atom. The number of pyridine rings is 1. The van der Waals surface area contributed by atoms with E-state index >= 15 is 0 Å². The summed E-state index contributed by atoms with van der Waals surface area (Å²) in [4.78, 5) is 4.32. The second kappa shape index (κ2) is 6.51. The smallest absolute Gasteiger partial charge is 0.196 e. The van der Waals surface area contributed by atoms with Crippen molar-refractivity contribution in [2.45, 2.75) is 6.42 Å². The maximum Gasteiger partial charge on any atom is 0.196 e. The predicted molar refractivity (Wildman–Crippen MR) is 79.1 cm³/mol. The molecule has 0 atom stereocenters. The van der Waals surface area contributed by atoms with E-state index < -0.39 is 0 Å². The first-order valence-electron chi connectivity index (χ1n) is 6.95. The topological polar surface area (TPSA) is 64.6 Å². The Labute approximate surface area is 122 Å². The Morgan fingerprint density at radius 1 is 1.29 bits per heavy atom. The molecule has 0 aliphatic carbocycles. The van der Waals surface area contributed by atoms with E-state index in [1.807, 2.05) is 28.9 Å². The predicted octanol–water partition coefficient (Wildman–Crippen LogP) is 1.77. The number of nitrogens with zero attached hydrogens (tertiary/aromatic N) is 3. The van der Waals surface area contributed by atoms with E-state index in [0.717, 1.165) is 42.2 Å². The van der Waals surface area contributed by atoms with Crippen molar-refractivity contribution in [1.82, 2.24) is 19.9 Å². The third-order valence-corrected chi connectivity index (χ3v) is 3.24. The lowest BCUT2D eigenvalue weighted by Crippen LogP contribution is -2.21. The molecule has 0 aromatic carbocycles. The molecule has 0 bridgehead atoms. The van der Waals surface area contributed by atoms with Crippen LogP contribution in [-0.4, -0.2) is 41.4 Å². The molecule has 3 rings (SSSR count). The summed E-state index contributed by atoms with van der Waals surface area (Å²) in [5, 5.41) is 7.57. The molecule has 3 aromatic heterocycles. The van der Waals surface area contributed by atoms with Crippen molar-refractivity contribution in [3.05, 3.63) is 42.7 Å². The molecule has 0 fully saturated rings. The summed E-state index contributed by atoms with van der Waals surface area (Å²) in [5.41, 5.74) is 1.97. The Morgan fingerprint density at radius 2 is 2.24 bits per heavy atom. The van der Waals surface area contributed by atoms with Crippen molar-refractivity contribution in [3.8, 4) is 11.3 Å². The van der Waals surface area contributed by atoms with Crippen LogP contribution in [0, 0.1) is 0 Å². The minimum atomic E-state index is 0.708. The van der Waals surface area contributed by atoms with Crippen LogP contribution in [0.3, 0.4) is 0 Å². The lowest BCUT2D eigenvalue weighted by atomic mass is 10.2. The van der Waals surface area contributed by atoms with Crippen LogP contribution < -0.4 is 5.32 Å². The zero-order chi connectivity index (χ0) is 14.5. The van der Waals surface area contributed by atoms with Gasteiger partial charge in [0.1, 0.15) is 0 Å². The maximum atomic E-state index is 5.81. The van der Waals surface area contributed by atoms with Gasteiger partial charge in [-0.15, -0.1) is 0 Å². The number of rotatable bonds is 7. The molecule has 6 nitrogen and oxygen atoms in total. The minimum Gasteiger partial charge on any atom is -0.441 e. The fraction of sp³-hybridized carbons (Fsp3) is 0.333. The molecule has 21 heavy (non-hydrogen) atoms. The molecule has 0 saturated carbocycles. The second-order valence-electron chi connectivity index (χ2n) is 4.70. The summed E-state index contributed by atoms with van der Waals surface area (Å²) in [6, 6.07) is 5.94. The van der Waals surface area contributed by atoms with E-state index in [-0.39, 0.29) is 0 Å². The van der Waals surface area contributed by atoms with E-state index in [1.54, 1.807) is 19.5 Å². The molecular formula is C15H18N4O2. The fourth-order valence-electron chi connectivity index (χ4n) is 2.17. The number of hydrogen-bond acceptors (Lipinski definition) is 5. The largest absolute Gasteiger partial charge is 0.441 e. The molecule has 0 spiro atoms. The highest BCUT2D eigenvalue weighted by atomic mass is 16.5. The summed E-state index contributed by atoms with van der Waals surface area (Å²) in [6.07, 6.45) is 6.23. The fourth-order valence-corrected chi connectivity index (χ4v) is 2.17. The zero-order valence-electron chi connectivity index (χ0n) is 12.0. The van der Waals surface area contributed by atoms with Gasteiger partial charge in [0, 0.05) is 32.8 Å². The van der Waals surface area contributed by atoms with E-state index in [4.69, 9.17) is 9.15 Å². The van der Waals surface area contributed by atoms with Crippen LogP contribution >= 0.6 is 0 Å². The zero-order valence-corrected chi connectivity index (χ0v) is 12.0. The monoisotopic (exact) mass is 286 g/mol. The van der Waals surface area contributed by atoms with Crippen molar-refractivity contribution in [1.29, 1.82) is 0 Å². The van der Waals surface area contributed by atoms with E-state index in [1.165, 1.54) is 0 Å². The summed E-state index contributed by atoms with van der Waals surface area (Å²) in [6.45, 7) is 2.36. The third kappa shape index (κ3) is 3.12. The molecular weight excluding hydrogens is 268 g/mol. The average molecular weight is 286 g/mol. The lowest BCUT2D eigenvalue weighted by Gasteiger charge is -2.01. The Kier molecular flexibility index (Phi) is 4.28. The molecule has 0 amide bonds. The number of ether oxygens (including phenoxy) is 1. The van der Waals surface area contributed by atoms with Gasteiger partial charge >= 0.3 is 0 Å². The van der Waals surface area contributed by atoms with Gasteiger partial charge in [-0.25, -0.2) is 9.50 Å². The van der Waals surface area contributed by atoms with E-state index in [2.05, 4.69) is 15.4 Å². The summed E-state index contributed by atoms with van der Waals surface area (Å²) < 4.78 is 12.6. The highest BCUT2D eigenvalue weighted by Crippen LogP contribution is 2.24. The lowest BCUT2D eigenvalue weighted by molar-refractivity contribution is 0.199. The van der Waals surface area contributed by atoms with Crippen molar-refractivity contribution in [2.24, 2.45) is 0 Å². The van der Waals surface area contributed by atoms with Crippen LogP contribution in [0.5, 0.6) is 0 Å². The molecule has 6 heteroatoms.